The van der Waals surface area contributed by atoms with Crippen molar-refractivity contribution in [2.45, 2.75) is 58.5 Å². The first kappa shape index (κ1) is 15.4. The fraction of sp³-hybridized carbons (Fsp3) is 0.929. The number of nitrogens with zero attached hydrogens (tertiary/aromatic N) is 1. The zero-order valence-corrected chi connectivity index (χ0v) is 12.4. The molecular weight excluding hydrogens is 226 g/mol. The summed E-state index contributed by atoms with van der Waals surface area (Å²) >= 11 is 0. The molecule has 0 spiro atoms. The van der Waals surface area contributed by atoms with E-state index in [1.807, 2.05) is 0 Å². The van der Waals surface area contributed by atoms with Crippen molar-refractivity contribution in [3.05, 3.63) is 0 Å². The summed E-state index contributed by atoms with van der Waals surface area (Å²) in [4.78, 5) is 14.2. The van der Waals surface area contributed by atoms with Gasteiger partial charge in [0, 0.05) is 37.6 Å². The number of nitrogens with one attached hydrogen (secondary N) is 2. The number of amides is 1. The van der Waals surface area contributed by atoms with Crippen LogP contribution in [0.3, 0.4) is 0 Å². The number of hydrogen-bond acceptors (Lipinski definition) is 3. The van der Waals surface area contributed by atoms with Gasteiger partial charge in [0.1, 0.15) is 0 Å². The topological polar surface area (TPSA) is 44.4 Å². The first-order valence-corrected chi connectivity index (χ1v) is 7.18. The number of carbonyl (C=O) groups excluding carboxylic acids is 1. The van der Waals surface area contributed by atoms with Gasteiger partial charge in [0.25, 0.3) is 0 Å². The molecule has 0 unspecified atom stereocenters. The van der Waals surface area contributed by atoms with Gasteiger partial charge >= 0.3 is 0 Å². The van der Waals surface area contributed by atoms with Crippen molar-refractivity contribution in [3.8, 4) is 0 Å². The Bertz CT molecular complexity index is 252. The number of likely N-dealkylation sites (tertiary alicyclic amines) is 1. The van der Waals surface area contributed by atoms with E-state index in [2.05, 4.69) is 43.2 Å². The molecule has 0 saturated carbocycles. The van der Waals surface area contributed by atoms with E-state index in [0.29, 0.717) is 12.5 Å². The Kier molecular flexibility index (Phi) is 6.09. The van der Waals surface area contributed by atoms with E-state index in [1.165, 1.54) is 0 Å². The van der Waals surface area contributed by atoms with Crippen LogP contribution in [-0.4, -0.2) is 48.6 Å². The molecule has 2 N–H and O–H groups in total. The lowest BCUT2D eigenvalue weighted by Gasteiger charge is -2.41. The molecule has 0 bridgehead atoms. The average molecular weight is 255 g/mol. The van der Waals surface area contributed by atoms with Crippen LogP contribution >= 0.6 is 0 Å². The van der Waals surface area contributed by atoms with E-state index < -0.39 is 0 Å². The Hall–Kier alpha value is -0.610. The number of hydrogen-bond donors (Lipinski definition) is 2. The van der Waals surface area contributed by atoms with Crippen LogP contribution in [0.2, 0.25) is 0 Å². The second-order valence-corrected chi connectivity index (χ2v) is 6.10. The quantitative estimate of drug-likeness (QED) is 0.729. The van der Waals surface area contributed by atoms with Crippen molar-refractivity contribution in [1.82, 2.24) is 15.5 Å². The van der Waals surface area contributed by atoms with Crippen molar-refractivity contribution in [1.29, 1.82) is 0 Å². The number of rotatable bonds is 5. The van der Waals surface area contributed by atoms with Gasteiger partial charge in [0.15, 0.2) is 0 Å². The Labute approximate surface area is 111 Å². The Morgan fingerprint density at radius 1 is 1.28 bits per heavy atom. The van der Waals surface area contributed by atoms with Gasteiger partial charge in [-0.05, 0) is 40.2 Å². The van der Waals surface area contributed by atoms with Crippen molar-refractivity contribution >= 4 is 5.91 Å². The molecule has 0 atom stereocenters. The highest BCUT2D eigenvalue weighted by Gasteiger charge is 2.27. The van der Waals surface area contributed by atoms with Crippen LogP contribution in [0.5, 0.6) is 0 Å². The van der Waals surface area contributed by atoms with Crippen LogP contribution in [-0.2, 0) is 4.79 Å². The molecule has 1 amide bonds. The Morgan fingerprint density at radius 2 is 1.89 bits per heavy atom. The van der Waals surface area contributed by atoms with Crippen LogP contribution in [0, 0.1) is 0 Å². The van der Waals surface area contributed by atoms with Crippen molar-refractivity contribution in [2.75, 3.05) is 26.2 Å². The molecule has 1 rings (SSSR count). The molecule has 0 aromatic rings. The summed E-state index contributed by atoms with van der Waals surface area (Å²) in [5.41, 5.74) is 0.250. The average Bonchev–Trinajstić information content (AvgIpc) is 2.29. The van der Waals surface area contributed by atoms with Crippen molar-refractivity contribution in [2.24, 2.45) is 0 Å². The van der Waals surface area contributed by atoms with Gasteiger partial charge in [-0.2, -0.15) is 0 Å². The molecule has 0 aromatic carbocycles. The lowest BCUT2D eigenvalue weighted by Crippen LogP contribution is -2.51. The fourth-order valence-corrected chi connectivity index (χ4v) is 2.37. The highest BCUT2D eigenvalue weighted by atomic mass is 16.1. The largest absolute Gasteiger partial charge is 0.353 e. The molecule has 1 fully saturated rings. The van der Waals surface area contributed by atoms with Gasteiger partial charge in [-0.1, -0.05) is 6.92 Å². The van der Waals surface area contributed by atoms with E-state index >= 15 is 0 Å². The van der Waals surface area contributed by atoms with E-state index in [0.717, 1.165) is 39.0 Å². The van der Waals surface area contributed by atoms with Crippen LogP contribution < -0.4 is 10.6 Å². The van der Waals surface area contributed by atoms with E-state index in [1.54, 1.807) is 0 Å². The summed E-state index contributed by atoms with van der Waals surface area (Å²) in [5, 5.41) is 6.32. The SMILES string of the molecule is CCNCCC(=O)NC1CCN(C(C)(C)C)CC1. The molecule has 1 heterocycles. The molecule has 1 aliphatic rings. The molecule has 4 nitrogen and oxygen atoms in total. The standard InChI is InChI=1S/C14H29N3O/c1-5-15-9-6-13(18)16-12-7-10-17(11-8-12)14(2,3)4/h12,15H,5-11H2,1-4H3,(H,16,18). The molecule has 106 valence electrons. The first-order valence-electron chi connectivity index (χ1n) is 7.18. The zero-order chi connectivity index (χ0) is 13.6. The highest BCUT2D eigenvalue weighted by Crippen LogP contribution is 2.19. The van der Waals surface area contributed by atoms with E-state index in [9.17, 15) is 4.79 Å². The fourth-order valence-electron chi connectivity index (χ4n) is 2.37. The van der Waals surface area contributed by atoms with Gasteiger partial charge in [0.05, 0.1) is 0 Å². The smallest absolute Gasteiger partial charge is 0.221 e. The van der Waals surface area contributed by atoms with Crippen LogP contribution in [0.15, 0.2) is 0 Å². The molecule has 18 heavy (non-hydrogen) atoms. The van der Waals surface area contributed by atoms with Crippen LogP contribution in [0.25, 0.3) is 0 Å². The first-order chi connectivity index (χ1) is 8.43. The molecule has 4 heteroatoms. The van der Waals surface area contributed by atoms with Gasteiger partial charge < -0.3 is 10.6 Å². The minimum absolute atomic E-state index is 0.185. The molecule has 0 aliphatic carbocycles. The zero-order valence-electron chi connectivity index (χ0n) is 12.4. The lowest BCUT2D eigenvalue weighted by molar-refractivity contribution is -0.122. The Morgan fingerprint density at radius 3 is 2.39 bits per heavy atom. The maximum Gasteiger partial charge on any atom is 0.221 e. The number of piperidine rings is 1. The van der Waals surface area contributed by atoms with Gasteiger partial charge in [-0.3, -0.25) is 9.69 Å². The van der Waals surface area contributed by atoms with Crippen molar-refractivity contribution < 1.29 is 4.79 Å². The summed E-state index contributed by atoms with van der Waals surface area (Å²) in [6.07, 6.45) is 2.74. The normalized spacial score (nSPS) is 18.9. The molecule has 1 saturated heterocycles. The second-order valence-electron chi connectivity index (χ2n) is 6.10. The third kappa shape index (κ3) is 5.36. The monoisotopic (exact) mass is 255 g/mol. The molecule has 1 aliphatic heterocycles. The summed E-state index contributed by atoms with van der Waals surface area (Å²) in [5.74, 6) is 0.185. The summed E-state index contributed by atoms with van der Waals surface area (Å²) in [6, 6.07) is 0.373. The second kappa shape index (κ2) is 7.10. The maximum absolute atomic E-state index is 11.7. The summed E-state index contributed by atoms with van der Waals surface area (Å²) < 4.78 is 0. The molecule has 0 aromatic heterocycles. The molecular formula is C14H29N3O. The third-order valence-corrected chi connectivity index (χ3v) is 3.59. The summed E-state index contributed by atoms with van der Waals surface area (Å²) in [7, 11) is 0. The minimum Gasteiger partial charge on any atom is -0.353 e. The lowest BCUT2D eigenvalue weighted by atomic mass is 9.98. The molecule has 0 radical (unpaired) electrons. The van der Waals surface area contributed by atoms with Crippen LogP contribution in [0.4, 0.5) is 0 Å². The minimum atomic E-state index is 0.185. The summed E-state index contributed by atoms with van der Waals surface area (Å²) in [6.45, 7) is 12.7. The van der Waals surface area contributed by atoms with Crippen LogP contribution in [0.1, 0.15) is 47.0 Å². The predicted molar refractivity (Wildman–Crippen MR) is 75.7 cm³/mol. The predicted octanol–water partition coefficient (Wildman–Crippen LogP) is 1.37. The van der Waals surface area contributed by atoms with Gasteiger partial charge in [-0.25, -0.2) is 0 Å². The maximum atomic E-state index is 11.7. The van der Waals surface area contributed by atoms with E-state index in [-0.39, 0.29) is 11.4 Å². The van der Waals surface area contributed by atoms with Crippen molar-refractivity contribution in [3.63, 3.8) is 0 Å². The van der Waals surface area contributed by atoms with Gasteiger partial charge in [-0.15, -0.1) is 0 Å². The third-order valence-electron chi connectivity index (χ3n) is 3.59. The van der Waals surface area contributed by atoms with Gasteiger partial charge in [0.2, 0.25) is 5.91 Å². The van der Waals surface area contributed by atoms with E-state index in [4.69, 9.17) is 0 Å². The number of carbonyl (C=O) groups is 1. The highest BCUT2D eigenvalue weighted by molar-refractivity contribution is 5.76. The Balaban J connectivity index is 2.21.